The summed E-state index contributed by atoms with van der Waals surface area (Å²) in [6.07, 6.45) is 1.68. The number of likely N-dealkylation sites (N-methyl/N-ethyl adjacent to an activating group) is 1. The lowest BCUT2D eigenvalue weighted by Gasteiger charge is -2.36. The van der Waals surface area contributed by atoms with Crippen LogP contribution in [-0.2, 0) is 4.74 Å². The highest BCUT2D eigenvalue weighted by Crippen LogP contribution is 2.18. The number of nitrogens with one attached hydrogen (secondary N) is 1. The van der Waals surface area contributed by atoms with Gasteiger partial charge in [-0.1, -0.05) is 20.8 Å². The first-order valence-corrected chi connectivity index (χ1v) is 7.89. The molecule has 0 aromatic carbocycles. The van der Waals surface area contributed by atoms with Gasteiger partial charge in [0, 0.05) is 39.8 Å². The molecule has 2 unspecified atom stereocenters. The van der Waals surface area contributed by atoms with Gasteiger partial charge in [0.25, 0.3) is 0 Å². The van der Waals surface area contributed by atoms with E-state index in [1.54, 1.807) is 0 Å². The Morgan fingerprint density at radius 2 is 2.00 bits per heavy atom. The van der Waals surface area contributed by atoms with E-state index in [0.717, 1.165) is 45.8 Å². The standard InChI is InChI=1S/C15H33N3O/c1-5-17(6-2)11-8-16-9-12-18-10-7-14(3)15(13-18)19-4/h14-16H,5-13H2,1-4H3. The molecule has 1 aliphatic rings. The highest BCUT2D eigenvalue weighted by Gasteiger charge is 2.25. The fourth-order valence-electron chi connectivity index (χ4n) is 2.75. The molecule has 114 valence electrons. The molecule has 2 atom stereocenters. The van der Waals surface area contributed by atoms with Gasteiger partial charge in [0.1, 0.15) is 0 Å². The molecule has 0 saturated carbocycles. The van der Waals surface area contributed by atoms with E-state index in [9.17, 15) is 0 Å². The van der Waals surface area contributed by atoms with Crippen molar-refractivity contribution in [1.29, 1.82) is 0 Å². The molecule has 0 spiro atoms. The van der Waals surface area contributed by atoms with Gasteiger partial charge in [-0.05, 0) is 32.0 Å². The van der Waals surface area contributed by atoms with Crippen molar-refractivity contribution in [3.63, 3.8) is 0 Å². The number of rotatable bonds is 9. The first-order valence-electron chi connectivity index (χ1n) is 7.89. The van der Waals surface area contributed by atoms with Crippen molar-refractivity contribution in [3.8, 4) is 0 Å². The van der Waals surface area contributed by atoms with Crippen LogP contribution >= 0.6 is 0 Å². The molecule has 0 aliphatic carbocycles. The first-order chi connectivity index (χ1) is 9.21. The van der Waals surface area contributed by atoms with Gasteiger partial charge >= 0.3 is 0 Å². The van der Waals surface area contributed by atoms with E-state index in [4.69, 9.17) is 4.74 Å². The topological polar surface area (TPSA) is 27.7 Å². The number of hydrogen-bond acceptors (Lipinski definition) is 4. The predicted octanol–water partition coefficient (Wildman–Crippen LogP) is 1.27. The van der Waals surface area contributed by atoms with E-state index in [-0.39, 0.29) is 0 Å². The quantitative estimate of drug-likeness (QED) is 0.639. The smallest absolute Gasteiger partial charge is 0.0724 e. The number of hydrogen-bond donors (Lipinski definition) is 1. The van der Waals surface area contributed by atoms with Crippen LogP contribution in [0.15, 0.2) is 0 Å². The highest BCUT2D eigenvalue weighted by molar-refractivity contribution is 4.78. The van der Waals surface area contributed by atoms with Crippen LogP contribution < -0.4 is 5.32 Å². The third-order valence-electron chi connectivity index (χ3n) is 4.38. The van der Waals surface area contributed by atoms with Crippen LogP contribution in [0, 0.1) is 5.92 Å². The summed E-state index contributed by atoms with van der Waals surface area (Å²) in [5.74, 6) is 0.705. The molecule has 1 aliphatic heterocycles. The van der Waals surface area contributed by atoms with Crippen LogP contribution in [-0.4, -0.2) is 75.4 Å². The fourth-order valence-corrected chi connectivity index (χ4v) is 2.75. The van der Waals surface area contributed by atoms with Crippen molar-refractivity contribution < 1.29 is 4.74 Å². The molecule has 1 rings (SSSR count). The zero-order valence-electron chi connectivity index (χ0n) is 13.3. The molecular weight excluding hydrogens is 238 g/mol. The van der Waals surface area contributed by atoms with Crippen LogP contribution in [0.4, 0.5) is 0 Å². The predicted molar refractivity (Wildman–Crippen MR) is 81.7 cm³/mol. The summed E-state index contributed by atoms with van der Waals surface area (Å²) in [5, 5.41) is 3.55. The Labute approximate surface area is 119 Å². The summed E-state index contributed by atoms with van der Waals surface area (Å²) in [6.45, 7) is 15.9. The Morgan fingerprint density at radius 3 is 2.63 bits per heavy atom. The number of piperidine rings is 1. The average Bonchev–Trinajstić information content (AvgIpc) is 2.44. The minimum absolute atomic E-state index is 0.421. The van der Waals surface area contributed by atoms with Crippen molar-refractivity contribution in [2.75, 3.05) is 59.5 Å². The van der Waals surface area contributed by atoms with Crippen LogP contribution in [0.2, 0.25) is 0 Å². The molecule has 19 heavy (non-hydrogen) atoms. The van der Waals surface area contributed by atoms with Gasteiger partial charge in [0.05, 0.1) is 6.10 Å². The minimum atomic E-state index is 0.421. The first kappa shape index (κ1) is 16.9. The second-order valence-electron chi connectivity index (χ2n) is 5.62. The Balaban J connectivity index is 2.06. The largest absolute Gasteiger partial charge is 0.380 e. The Bertz CT molecular complexity index is 221. The second kappa shape index (κ2) is 9.70. The highest BCUT2D eigenvalue weighted by atomic mass is 16.5. The Morgan fingerprint density at radius 1 is 1.26 bits per heavy atom. The monoisotopic (exact) mass is 271 g/mol. The van der Waals surface area contributed by atoms with Crippen molar-refractivity contribution in [2.24, 2.45) is 5.92 Å². The number of methoxy groups -OCH3 is 1. The van der Waals surface area contributed by atoms with E-state index in [1.807, 2.05) is 7.11 Å². The maximum atomic E-state index is 5.55. The molecule has 1 fully saturated rings. The molecular formula is C15H33N3O. The van der Waals surface area contributed by atoms with Gasteiger partial charge in [-0.2, -0.15) is 0 Å². The zero-order valence-corrected chi connectivity index (χ0v) is 13.3. The molecule has 1 saturated heterocycles. The van der Waals surface area contributed by atoms with Gasteiger partial charge in [0.15, 0.2) is 0 Å². The second-order valence-corrected chi connectivity index (χ2v) is 5.62. The van der Waals surface area contributed by atoms with Crippen molar-refractivity contribution >= 4 is 0 Å². The molecule has 0 aromatic heterocycles. The molecule has 1 heterocycles. The SMILES string of the molecule is CCN(CC)CCNCCN1CCC(C)C(OC)C1. The molecule has 0 amide bonds. The van der Waals surface area contributed by atoms with Gasteiger partial charge < -0.3 is 15.0 Å². The third-order valence-corrected chi connectivity index (χ3v) is 4.38. The van der Waals surface area contributed by atoms with E-state index >= 15 is 0 Å². The molecule has 4 heteroatoms. The fraction of sp³-hybridized carbons (Fsp3) is 1.00. The van der Waals surface area contributed by atoms with Gasteiger partial charge in [0.2, 0.25) is 0 Å². The summed E-state index contributed by atoms with van der Waals surface area (Å²) in [6, 6.07) is 0. The molecule has 1 N–H and O–H groups in total. The number of nitrogens with zero attached hydrogens (tertiary/aromatic N) is 2. The summed E-state index contributed by atoms with van der Waals surface area (Å²) in [4.78, 5) is 4.98. The van der Waals surface area contributed by atoms with Gasteiger partial charge in [-0.3, -0.25) is 4.90 Å². The summed E-state index contributed by atoms with van der Waals surface area (Å²) >= 11 is 0. The van der Waals surface area contributed by atoms with Gasteiger partial charge in [-0.25, -0.2) is 0 Å². The zero-order chi connectivity index (χ0) is 14.1. The Hall–Kier alpha value is -0.160. The van der Waals surface area contributed by atoms with Crippen LogP contribution in [0.1, 0.15) is 27.2 Å². The third kappa shape index (κ3) is 6.21. The van der Waals surface area contributed by atoms with Gasteiger partial charge in [-0.15, -0.1) is 0 Å². The molecule has 0 aromatic rings. The van der Waals surface area contributed by atoms with Crippen molar-refractivity contribution in [3.05, 3.63) is 0 Å². The van der Waals surface area contributed by atoms with E-state index in [0.29, 0.717) is 12.0 Å². The van der Waals surface area contributed by atoms with Crippen molar-refractivity contribution in [1.82, 2.24) is 15.1 Å². The normalized spacial score (nSPS) is 25.1. The van der Waals surface area contributed by atoms with E-state index in [2.05, 4.69) is 35.9 Å². The molecule has 4 nitrogen and oxygen atoms in total. The maximum absolute atomic E-state index is 5.55. The molecule has 0 bridgehead atoms. The van der Waals surface area contributed by atoms with Crippen LogP contribution in [0.3, 0.4) is 0 Å². The summed E-state index contributed by atoms with van der Waals surface area (Å²) in [7, 11) is 1.84. The van der Waals surface area contributed by atoms with E-state index in [1.165, 1.54) is 13.0 Å². The Kier molecular flexibility index (Phi) is 8.62. The average molecular weight is 271 g/mol. The summed E-state index contributed by atoms with van der Waals surface area (Å²) in [5.41, 5.74) is 0. The van der Waals surface area contributed by atoms with Crippen LogP contribution in [0.5, 0.6) is 0 Å². The van der Waals surface area contributed by atoms with Crippen molar-refractivity contribution in [2.45, 2.75) is 33.3 Å². The van der Waals surface area contributed by atoms with E-state index < -0.39 is 0 Å². The molecule has 0 radical (unpaired) electrons. The number of ether oxygens (including phenoxy) is 1. The number of likely N-dealkylation sites (tertiary alicyclic amines) is 1. The minimum Gasteiger partial charge on any atom is -0.380 e. The van der Waals surface area contributed by atoms with Crippen LogP contribution in [0.25, 0.3) is 0 Å². The lowest BCUT2D eigenvalue weighted by Crippen LogP contribution is -2.46. The lowest BCUT2D eigenvalue weighted by molar-refractivity contribution is -0.00442. The summed E-state index contributed by atoms with van der Waals surface area (Å²) < 4.78 is 5.55. The maximum Gasteiger partial charge on any atom is 0.0724 e. The lowest BCUT2D eigenvalue weighted by atomic mass is 9.96.